The molecule has 0 bridgehead atoms. The second-order valence-electron chi connectivity index (χ2n) is 4.33. The van der Waals surface area contributed by atoms with E-state index in [2.05, 4.69) is 10.6 Å². The second kappa shape index (κ2) is 7.40. The van der Waals surface area contributed by atoms with Crippen LogP contribution in [0.1, 0.15) is 15.9 Å². The minimum atomic E-state index is -0.399. The van der Waals surface area contributed by atoms with Crippen LogP contribution >= 0.6 is 12.2 Å². The van der Waals surface area contributed by atoms with Gasteiger partial charge in [-0.1, -0.05) is 42.5 Å². The Kier molecular flexibility index (Phi) is 5.29. The zero-order valence-corrected chi connectivity index (χ0v) is 12.4. The minimum absolute atomic E-state index is 0.399. The molecule has 2 N–H and O–H groups in total. The number of para-hydroxylation sites is 1. The maximum atomic E-state index is 11.7. The number of carbonyl (C=O) groups excluding carboxylic acids is 1. The maximum Gasteiger partial charge on any atom is 0.339 e. The zero-order valence-electron chi connectivity index (χ0n) is 11.6. The molecule has 5 heteroatoms. The van der Waals surface area contributed by atoms with Gasteiger partial charge in [-0.3, -0.25) is 0 Å². The monoisotopic (exact) mass is 300 g/mol. The van der Waals surface area contributed by atoms with Gasteiger partial charge in [0.25, 0.3) is 0 Å². The number of methoxy groups -OCH3 is 1. The fourth-order valence-electron chi connectivity index (χ4n) is 1.82. The van der Waals surface area contributed by atoms with E-state index in [9.17, 15) is 4.79 Å². The highest BCUT2D eigenvalue weighted by Gasteiger charge is 2.11. The smallest absolute Gasteiger partial charge is 0.339 e. The van der Waals surface area contributed by atoms with Crippen molar-refractivity contribution in [2.45, 2.75) is 6.54 Å². The molecule has 4 nitrogen and oxygen atoms in total. The van der Waals surface area contributed by atoms with Gasteiger partial charge in [0.05, 0.1) is 18.4 Å². The lowest BCUT2D eigenvalue weighted by molar-refractivity contribution is 0.0602. The number of nitrogens with one attached hydrogen (secondary N) is 2. The zero-order chi connectivity index (χ0) is 15.1. The lowest BCUT2D eigenvalue weighted by Crippen LogP contribution is -2.28. The summed E-state index contributed by atoms with van der Waals surface area (Å²) in [6.07, 6.45) is 0. The van der Waals surface area contributed by atoms with Crippen molar-refractivity contribution < 1.29 is 9.53 Å². The van der Waals surface area contributed by atoms with Crippen LogP contribution in [0.3, 0.4) is 0 Å². The van der Waals surface area contributed by atoms with E-state index in [0.717, 1.165) is 5.56 Å². The summed E-state index contributed by atoms with van der Waals surface area (Å²) in [6, 6.07) is 17.0. The van der Waals surface area contributed by atoms with Gasteiger partial charge in [-0.05, 0) is 29.9 Å². The van der Waals surface area contributed by atoms with Gasteiger partial charge in [-0.15, -0.1) is 0 Å². The molecule has 0 aliphatic rings. The van der Waals surface area contributed by atoms with E-state index in [1.165, 1.54) is 7.11 Å². The first kappa shape index (κ1) is 15.0. The normalized spacial score (nSPS) is 9.76. The van der Waals surface area contributed by atoms with Crippen molar-refractivity contribution in [3.05, 3.63) is 65.7 Å². The Labute approximate surface area is 129 Å². The van der Waals surface area contributed by atoms with Crippen LogP contribution in [-0.4, -0.2) is 18.2 Å². The van der Waals surface area contributed by atoms with Crippen LogP contribution in [0.25, 0.3) is 0 Å². The van der Waals surface area contributed by atoms with E-state index in [1.54, 1.807) is 18.2 Å². The molecule has 0 radical (unpaired) electrons. The fraction of sp³-hybridized carbons (Fsp3) is 0.125. The number of benzene rings is 2. The largest absolute Gasteiger partial charge is 0.465 e. The van der Waals surface area contributed by atoms with Gasteiger partial charge in [0.15, 0.2) is 5.11 Å². The average Bonchev–Trinajstić information content (AvgIpc) is 2.54. The molecule has 2 aromatic carbocycles. The summed E-state index contributed by atoms with van der Waals surface area (Å²) in [5.41, 5.74) is 2.20. The Bertz CT molecular complexity index is 629. The van der Waals surface area contributed by atoms with Crippen molar-refractivity contribution in [2.24, 2.45) is 0 Å². The molecular weight excluding hydrogens is 284 g/mol. The summed E-state index contributed by atoms with van der Waals surface area (Å²) in [5, 5.41) is 6.57. The number of hydrogen-bond acceptors (Lipinski definition) is 3. The van der Waals surface area contributed by atoms with E-state index >= 15 is 0 Å². The third kappa shape index (κ3) is 4.29. The number of rotatable bonds is 4. The highest BCUT2D eigenvalue weighted by Crippen LogP contribution is 2.15. The summed E-state index contributed by atoms with van der Waals surface area (Å²) in [6.45, 7) is 0.618. The number of ether oxygens (including phenoxy) is 1. The van der Waals surface area contributed by atoms with Crippen LogP contribution < -0.4 is 10.6 Å². The van der Waals surface area contributed by atoms with Crippen molar-refractivity contribution in [1.82, 2.24) is 5.32 Å². The van der Waals surface area contributed by atoms with Gasteiger partial charge < -0.3 is 15.4 Å². The van der Waals surface area contributed by atoms with Crippen LogP contribution in [0.15, 0.2) is 54.6 Å². The van der Waals surface area contributed by atoms with Crippen LogP contribution in [-0.2, 0) is 11.3 Å². The molecule has 0 unspecified atom stereocenters. The molecule has 0 spiro atoms. The van der Waals surface area contributed by atoms with Crippen LogP contribution in [0.4, 0.5) is 5.69 Å². The van der Waals surface area contributed by atoms with Crippen molar-refractivity contribution in [2.75, 3.05) is 12.4 Å². The third-order valence-corrected chi connectivity index (χ3v) is 3.12. The predicted molar refractivity (Wildman–Crippen MR) is 87.3 cm³/mol. The number of carbonyl (C=O) groups is 1. The minimum Gasteiger partial charge on any atom is -0.465 e. The van der Waals surface area contributed by atoms with E-state index in [1.807, 2.05) is 36.4 Å². The van der Waals surface area contributed by atoms with Gasteiger partial charge in [0.2, 0.25) is 0 Å². The SMILES string of the molecule is COC(=O)c1ccccc1NC(=S)NCc1ccccc1. The van der Waals surface area contributed by atoms with E-state index in [4.69, 9.17) is 17.0 Å². The maximum absolute atomic E-state index is 11.7. The van der Waals surface area contributed by atoms with Gasteiger partial charge in [0.1, 0.15) is 0 Å². The Hall–Kier alpha value is -2.40. The first-order valence-corrected chi connectivity index (χ1v) is 6.87. The Balaban J connectivity index is 1.98. The Morgan fingerprint density at radius 1 is 1.10 bits per heavy atom. The first-order chi connectivity index (χ1) is 10.2. The van der Waals surface area contributed by atoms with Crippen molar-refractivity contribution >= 4 is 29.0 Å². The molecule has 0 aliphatic heterocycles. The van der Waals surface area contributed by atoms with Crippen LogP contribution in [0.2, 0.25) is 0 Å². The highest BCUT2D eigenvalue weighted by molar-refractivity contribution is 7.80. The molecule has 0 aliphatic carbocycles. The highest BCUT2D eigenvalue weighted by atomic mass is 32.1. The molecule has 0 saturated carbocycles. The van der Waals surface area contributed by atoms with Crippen molar-refractivity contribution in [3.8, 4) is 0 Å². The lowest BCUT2D eigenvalue weighted by atomic mass is 10.2. The molecule has 0 atom stereocenters. The number of thiocarbonyl (C=S) groups is 1. The Morgan fingerprint density at radius 3 is 2.48 bits per heavy atom. The summed E-state index contributed by atoms with van der Waals surface area (Å²) in [7, 11) is 1.35. The summed E-state index contributed by atoms with van der Waals surface area (Å²) in [4.78, 5) is 11.7. The van der Waals surface area contributed by atoms with Crippen molar-refractivity contribution in [1.29, 1.82) is 0 Å². The molecule has 0 fully saturated rings. The summed E-state index contributed by atoms with van der Waals surface area (Å²) in [5.74, 6) is -0.399. The fourth-order valence-corrected chi connectivity index (χ4v) is 2.01. The average molecular weight is 300 g/mol. The predicted octanol–water partition coefficient (Wildman–Crippen LogP) is 2.96. The lowest BCUT2D eigenvalue weighted by Gasteiger charge is -2.13. The number of anilines is 1. The summed E-state index contributed by atoms with van der Waals surface area (Å²) < 4.78 is 4.75. The molecule has 0 heterocycles. The van der Waals surface area contributed by atoms with Gasteiger partial charge in [-0.25, -0.2) is 4.79 Å². The van der Waals surface area contributed by atoms with E-state index < -0.39 is 5.97 Å². The molecule has 0 aromatic heterocycles. The topological polar surface area (TPSA) is 50.4 Å². The van der Waals surface area contributed by atoms with Crippen LogP contribution in [0.5, 0.6) is 0 Å². The Morgan fingerprint density at radius 2 is 1.76 bits per heavy atom. The second-order valence-corrected chi connectivity index (χ2v) is 4.74. The first-order valence-electron chi connectivity index (χ1n) is 6.47. The van der Waals surface area contributed by atoms with Gasteiger partial charge in [-0.2, -0.15) is 0 Å². The molecule has 21 heavy (non-hydrogen) atoms. The van der Waals surface area contributed by atoms with Gasteiger partial charge in [0, 0.05) is 6.54 Å². The molecular formula is C16H16N2O2S. The molecule has 0 saturated heterocycles. The number of hydrogen-bond donors (Lipinski definition) is 2. The molecule has 2 aromatic rings. The molecule has 108 valence electrons. The standard InChI is InChI=1S/C16H16N2O2S/c1-20-15(19)13-9-5-6-10-14(13)18-16(21)17-11-12-7-3-2-4-8-12/h2-10H,11H2,1H3,(H2,17,18,21). The summed E-state index contributed by atoms with van der Waals surface area (Å²) >= 11 is 5.24. The van der Waals surface area contributed by atoms with E-state index in [0.29, 0.717) is 22.9 Å². The third-order valence-electron chi connectivity index (χ3n) is 2.88. The number of esters is 1. The van der Waals surface area contributed by atoms with E-state index in [-0.39, 0.29) is 0 Å². The van der Waals surface area contributed by atoms with Crippen molar-refractivity contribution in [3.63, 3.8) is 0 Å². The quantitative estimate of drug-likeness (QED) is 0.671. The van der Waals surface area contributed by atoms with Gasteiger partial charge >= 0.3 is 5.97 Å². The molecule has 0 amide bonds. The molecule has 2 rings (SSSR count). The van der Waals surface area contributed by atoms with Crippen LogP contribution in [0, 0.1) is 0 Å².